The predicted octanol–water partition coefficient (Wildman–Crippen LogP) is 2.64. The second-order valence-electron chi connectivity index (χ2n) is 5.03. The number of carboxylic acid groups (broad SMARTS) is 1. The zero-order chi connectivity index (χ0) is 13.7. The van der Waals surface area contributed by atoms with Crippen LogP contribution in [0.4, 0.5) is 0 Å². The van der Waals surface area contributed by atoms with Crippen LogP contribution in [0, 0.1) is 0 Å². The number of hydrogen-bond donors (Lipinski definition) is 1. The van der Waals surface area contributed by atoms with Gasteiger partial charge < -0.3 is 14.7 Å². The van der Waals surface area contributed by atoms with Crippen LogP contribution >= 0.6 is 0 Å². The smallest absolute Gasteiger partial charge is 0.339 e. The van der Waals surface area contributed by atoms with Gasteiger partial charge in [0.2, 0.25) is 0 Å². The first-order chi connectivity index (χ1) is 9.18. The molecule has 2 rings (SSSR count). The van der Waals surface area contributed by atoms with Crippen LogP contribution in [0.5, 0.6) is 5.75 Å². The van der Waals surface area contributed by atoms with Crippen molar-refractivity contribution in [2.45, 2.75) is 32.2 Å². The summed E-state index contributed by atoms with van der Waals surface area (Å²) in [4.78, 5) is 13.5. The second-order valence-corrected chi connectivity index (χ2v) is 5.03. The van der Waals surface area contributed by atoms with Crippen molar-refractivity contribution >= 4 is 5.97 Å². The van der Waals surface area contributed by atoms with Crippen LogP contribution in [0.15, 0.2) is 24.3 Å². The highest BCUT2D eigenvalue weighted by molar-refractivity contribution is 5.90. The number of para-hydroxylation sites is 1. The molecule has 1 aliphatic rings. The van der Waals surface area contributed by atoms with Crippen molar-refractivity contribution in [3.05, 3.63) is 29.8 Å². The van der Waals surface area contributed by atoms with Crippen molar-refractivity contribution in [2.24, 2.45) is 0 Å². The number of benzene rings is 1. The van der Waals surface area contributed by atoms with Gasteiger partial charge in [-0.1, -0.05) is 12.1 Å². The Morgan fingerprint density at radius 1 is 1.47 bits per heavy atom. The molecule has 0 spiro atoms. The van der Waals surface area contributed by atoms with Gasteiger partial charge in [-0.25, -0.2) is 4.79 Å². The lowest BCUT2D eigenvalue weighted by Crippen LogP contribution is -2.28. The lowest BCUT2D eigenvalue weighted by Gasteiger charge is -2.20. The third-order valence-electron chi connectivity index (χ3n) is 3.66. The van der Waals surface area contributed by atoms with E-state index in [1.807, 2.05) is 0 Å². The lowest BCUT2D eigenvalue weighted by molar-refractivity contribution is 0.0692. The summed E-state index contributed by atoms with van der Waals surface area (Å²) in [5, 5.41) is 9.04. The minimum Gasteiger partial charge on any atom is -0.493 e. The molecule has 1 heterocycles. The molecule has 0 aliphatic carbocycles. The monoisotopic (exact) mass is 263 g/mol. The van der Waals surface area contributed by atoms with E-state index in [4.69, 9.17) is 9.84 Å². The van der Waals surface area contributed by atoms with Crippen LogP contribution in [0.3, 0.4) is 0 Å². The Kier molecular flexibility index (Phi) is 4.80. The number of ether oxygens (including phenoxy) is 1. The maximum atomic E-state index is 11.0. The molecule has 0 radical (unpaired) electrons. The molecule has 1 atom stereocenters. The highest BCUT2D eigenvalue weighted by Gasteiger charge is 2.19. The van der Waals surface area contributed by atoms with E-state index >= 15 is 0 Å². The molecule has 4 heteroatoms. The third kappa shape index (κ3) is 3.70. The van der Waals surface area contributed by atoms with Crippen molar-refractivity contribution in [1.29, 1.82) is 0 Å². The molecule has 1 aromatic rings. The minimum absolute atomic E-state index is 0.233. The molecule has 0 amide bonds. The minimum atomic E-state index is -0.941. The van der Waals surface area contributed by atoms with Crippen LogP contribution in [-0.2, 0) is 0 Å². The Labute approximate surface area is 114 Å². The van der Waals surface area contributed by atoms with Gasteiger partial charge in [-0.2, -0.15) is 0 Å². The maximum Gasteiger partial charge on any atom is 0.339 e. The number of carbonyl (C=O) groups is 1. The molecular formula is C15H21NO3. The zero-order valence-electron chi connectivity index (χ0n) is 11.3. The summed E-state index contributed by atoms with van der Waals surface area (Å²) in [6.45, 7) is 5.02. The fraction of sp³-hybridized carbons (Fsp3) is 0.533. The quantitative estimate of drug-likeness (QED) is 0.802. The topological polar surface area (TPSA) is 49.8 Å². The zero-order valence-corrected chi connectivity index (χ0v) is 11.3. The molecule has 1 unspecified atom stereocenters. The van der Waals surface area contributed by atoms with E-state index in [0.29, 0.717) is 18.4 Å². The molecule has 4 nitrogen and oxygen atoms in total. The molecule has 0 bridgehead atoms. The summed E-state index contributed by atoms with van der Waals surface area (Å²) in [5.74, 6) is -0.478. The van der Waals surface area contributed by atoms with Gasteiger partial charge in [-0.15, -0.1) is 0 Å². The van der Waals surface area contributed by atoms with Gasteiger partial charge in [-0.3, -0.25) is 0 Å². The van der Waals surface area contributed by atoms with Crippen LogP contribution in [0.1, 0.15) is 36.5 Å². The van der Waals surface area contributed by atoms with E-state index in [9.17, 15) is 4.79 Å². The van der Waals surface area contributed by atoms with E-state index in [1.54, 1.807) is 24.3 Å². The molecule has 1 aliphatic heterocycles. The largest absolute Gasteiger partial charge is 0.493 e. The van der Waals surface area contributed by atoms with E-state index in [0.717, 1.165) is 13.0 Å². The van der Waals surface area contributed by atoms with Gasteiger partial charge in [-0.05, 0) is 44.9 Å². The van der Waals surface area contributed by atoms with E-state index < -0.39 is 5.97 Å². The van der Waals surface area contributed by atoms with E-state index in [2.05, 4.69) is 11.8 Å². The van der Waals surface area contributed by atoms with Crippen molar-refractivity contribution in [2.75, 3.05) is 19.7 Å². The average molecular weight is 263 g/mol. The molecule has 19 heavy (non-hydrogen) atoms. The number of aromatic carboxylic acids is 1. The summed E-state index contributed by atoms with van der Waals surface area (Å²) in [7, 11) is 0. The highest BCUT2D eigenvalue weighted by Crippen LogP contribution is 2.19. The number of rotatable bonds is 6. The Bertz CT molecular complexity index is 433. The number of nitrogens with zero attached hydrogens (tertiary/aromatic N) is 1. The summed E-state index contributed by atoms with van der Waals surface area (Å²) in [6, 6.07) is 7.46. The van der Waals surface area contributed by atoms with Gasteiger partial charge in [0.1, 0.15) is 11.3 Å². The average Bonchev–Trinajstić information content (AvgIpc) is 2.80. The lowest BCUT2D eigenvalue weighted by atomic mass is 10.2. The van der Waals surface area contributed by atoms with E-state index in [1.165, 1.54) is 19.4 Å². The molecule has 1 N–H and O–H groups in total. The Balaban J connectivity index is 1.78. The first kappa shape index (κ1) is 13.9. The fourth-order valence-electron chi connectivity index (χ4n) is 2.54. The van der Waals surface area contributed by atoms with E-state index in [-0.39, 0.29) is 5.56 Å². The first-order valence-corrected chi connectivity index (χ1v) is 6.87. The number of likely N-dealkylation sites (tertiary alicyclic amines) is 1. The normalized spacial score (nSPS) is 19.5. The predicted molar refractivity (Wildman–Crippen MR) is 73.8 cm³/mol. The van der Waals surface area contributed by atoms with Gasteiger partial charge in [0, 0.05) is 12.6 Å². The standard InChI is InChI=1S/C15H21NO3/c1-12-6-4-9-16(12)10-5-11-19-14-8-3-2-7-13(14)15(17)18/h2-3,7-8,12H,4-6,9-11H2,1H3,(H,17,18). The summed E-state index contributed by atoms with van der Waals surface area (Å²) in [5.41, 5.74) is 0.233. The summed E-state index contributed by atoms with van der Waals surface area (Å²) >= 11 is 0. The first-order valence-electron chi connectivity index (χ1n) is 6.87. The van der Waals surface area contributed by atoms with Crippen molar-refractivity contribution < 1.29 is 14.6 Å². The molecule has 104 valence electrons. The summed E-state index contributed by atoms with van der Waals surface area (Å²) in [6.07, 6.45) is 3.49. The molecular weight excluding hydrogens is 242 g/mol. The Morgan fingerprint density at radius 3 is 2.95 bits per heavy atom. The number of carboxylic acids is 1. The van der Waals surface area contributed by atoms with Gasteiger partial charge in [0.15, 0.2) is 0 Å². The molecule has 1 aromatic carbocycles. The van der Waals surface area contributed by atoms with Gasteiger partial charge in [0.25, 0.3) is 0 Å². The van der Waals surface area contributed by atoms with Gasteiger partial charge >= 0.3 is 5.97 Å². The summed E-state index contributed by atoms with van der Waals surface area (Å²) < 4.78 is 5.59. The van der Waals surface area contributed by atoms with Crippen molar-refractivity contribution in [1.82, 2.24) is 4.90 Å². The van der Waals surface area contributed by atoms with Crippen LogP contribution < -0.4 is 4.74 Å². The molecule has 0 saturated carbocycles. The van der Waals surface area contributed by atoms with Crippen molar-refractivity contribution in [3.63, 3.8) is 0 Å². The van der Waals surface area contributed by atoms with Crippen molar-refractivity contribution in [3.8, 4) is 5.75 Å². The SMILES string of the molecule is CC1CCCN1CCCOc1ccccc1C(=O)O. The highest BCUT2D eigenvalue weighted by atomic mass is 16.5. The fourth-order valence-corrected chi connectivity index (χ4v) is 2.54. The molecule has 0 aromatic heterocycles. The van der Waals surface area contributed by atoms with Crippen LogP contribution in [-0.4, -0.2) is 41.7 Å². The Hall–Kier alpha value is -1.55. The maximum absolute atomic E-state index is 11.0. The van der Waals surface area contributed by atoms with Crippen LogP contribution in [0.25, 0.3) is 0 Å². The second kappa shape index (κ2) is 6.57. The third-order valence-corrected chi connectivity index (χ3v) is 3.66. The Morgan fingerprint density at radius 2 is 2.26 bits per heavy atom. The molecule has 1 fully saturated rings. The molecule has 1 saturated heterocycles. The number of hydrogen-bond acceptors (Lipinski definition) is 3. The van der Waals surface area contributed by atoms with Crippen LogP contribution in [0.2, 0.25) is 0 Å². The van der Waals surface area contributed by atoms with Gasteiger partial charge in [0.05, 0.1) is 6.61 Å².